The lowest BCUT2D eigenvalue weighted by molar-refractivity contribution is 0.186. The Morgan fingerprint density at radius 2 is 1.71 bits per heavy atom. The summed E-state index contributed by atoms with van der Waals surface area (Å²) in [4.78, 5) is 0. The first-order valence-corrected chi connectivity index (χ1v) is 6.20. The Morgan fingerprint density at radius 3 is 2.12 bits per heavy atom. The molecule has 0 aromatic heterocycles. The van der Waals surface area contributed by atoms with Crippen LogP contribution in [-0.2, 0) is 5.11 Å². The molecule has 3 N–H and O–H groups in total. The van der Waals surface area contributed by atoms with Gasteiger partial charge in [0.15, 0.2) is 0 Å². The second kappa shape index (κ2) is 11.1. The first-order chi connectivity index (χ1) is 8.22. The number of nitrogens with one attached hydrogen (secondary N) is 1. The Kier molecular flexibility index (Phi) is 10.3. The third-order valence-electron chi connectivity index (χ3n) is 2.33. The molecule has 1 radical (unpaired) electrons. The maximum atomic E-state index is 9.89. The summed E-state index contributed by atoms with van der Waals surface area (Å²) in [7, 11) is 0. The van der Waals surface area contributed by atoms with E-state index in [1.807, 2.05) is 30.3 Å². The number of hydrogen-bond donors (Lipinski definition) is 2. The molecule has 0 saturated heterocycles. The molecule has 0 aliphatic heterocycles. The van der Waals surface area contributed by atoms with Crippen LogP contribution in [0.3, 0.4) is 0 Å². The molecule has 1 aromatic carbocycles. The second-order valence-corrected chi connectivity index (χ2v) is 3.90. The maximum absolute atomic E-state index is 9.89. The Labute approximate surface area is 104 Å². The zero-order valence-electron chi connectivity index (χ0n) is 10.6. The van der Waals surface area contributed by atoms with Crippen LogP contribution in [0, 0.1) is 5.41 Å². The summed E-state index contributed by atoms with van der Waals surface area (Å²) in [6.07, 6.45) is 5.81. The fourth-order valence-electron chi connectivity index (χ4n) is 1.32. The molecule has 1 aromatic rings. The number of unbranched alkanes of at least 4 members (excludes halogenated alkanes) is 4. The van der Waals surface area contributed by atoms with E-state index in [9.17, 15) is 5.11 Å². The third kappa shape index (κ3) is 9.57. The van der Waals surface area contributed by atoms with Crippen molar-refractivity contribution in [3.8, 4) is 0 Å². The second-order valence-electron chi connectivity index (χ2n) is 3.90. The lowest BCUT2D eigenvalue weighted by Crippen LogP contribution is -2.10. The molecule has 1 rings (SSSR count). The van der Waals surface area contributed by atoms with Gasteiger partial charge in [-0.2, -0.15) is 0 Å². The normalized spacial score (nSPS) is 9.29. The summed E-state index contributed by atoms with van der Waals surface area (Å²) in [6.45, 7) is 2.29. The average Bonchev–Trinajstić information content (AvgIpc) is 2.37. The number of rotatable bonds is 6. The molecule has 0 saturated carbocycles. The standard InChI is InChI=1S/C7H8N2.C7H15O/c8-7(9)6-4-2-1-3-5-6;1-2-3-4-5-6-7-8/h1-5H,(H3,8,9);2-7H2,1H3. The van der Waals surface area contributed by atoms with Crippen LogP contribution in [-0.4, -0.2) is 12.4 Å². The molecule has 0 amide bonds. The Balaban J connectivity index is 0.000000304. The van der Waals surface area contributed by atoms with Gasteiger partial charge in [0.25, 0.3) is 0 Å². The van der Waals surface area contributed by atoms with Crippen LogP contribution in [0.5, 0.6) is 0 Å². The third-order valence-corrected chi connectivity index (χ3v) is 2.33. The highest BCUT2D eigenvalue weighted by molar-refractivity contribution is 5.94. The van der Waals surface area contributed by atoms with Gasteiger partial charge in [-0.05, 0) is 6.42 Å². The van der Waals surface area contributed by atoms with E-state index in [0.717, 1.165) is 18.4 Å². The van der Waals surface area contributed by atoms with Crippen molar-refractivity contribution in [1.82, 2.24) is 0 Å². The molecule has 0 aliphatic rings. The monoisotopic (exact) mass is 235 g/mol. The minimum atomic E-state index is 0.115. The minimum Gasteiger partial charge on any atom is -0.384 e. The van der Waals surface area contributed by atoms with Gasteiger partial charge in [0.05, 0.1) is 6.61 Å². The lowest BCUT2D eigenvalue weighted by Gasteiger charge is -1.93. The predicted molar refractivity (Wildman–Crippen MR) is 71.8 cm³/mol. The summed E-state index contributed by atoms with van der Waals surface area (Å²) in [6, 6.07) is 9.23. The van der Waals surface area contributed by atoms with Crippen molar-refractivity contribution in [3.05, 3.63) is 35.9 Å². The van der Waals surface area contributed by atoms with Crippen molar-refractivity contribution in [2.24, 2.45) is 5.73 Å². The van der Waals surface area contributed by atoms with E-state index >= 15 is 0 Å². The molecule has 17 heavy (non-hydrogen) atoms. The number of benzene rings is 1. The van der Waals surface area contributed by atoms with Crippen LogP contribution in [0.4, 0.5) is 0 Å². The van der Waals surface area contributed by atoms with Crippen molar-refractivity contribution in [1.29, 1.82) is 5.41 Å². The first-order valence-electron chi connectivity index (χ1n) is 6.20. The molecule has 0 fully saturated rings. The van der Waals surface area contributed by atoms with Crippen LogP contribution in [0.2, 0.25) is 0 Å². The summed E-state index contributed by atoms with van der Waals surface area (Å²) in [5, 5.41) is 16.9. The van der Waals surface area contributed by atoms with Crippen molar-refractivity contribution in [2.75, 3.05) is 6.61 Å². The summed E-state index contributed by atoms with van der Waals surface area (Å²) < 4.78 is 0. The summed E-state index contributed by atoms with van der Waals surface area (Å²) in [5.74, 6) is 0.121. The van der Waals surface area contributed by atoms with Gasteiger partial charge in [-0.1, -0.05) is 62.9 Å². The number of hydrogen-bond acceptors (Lipinski definition) is 1. The van der Waals surface area contributed by atoms with Gasteiger partial charge in [-0.15, -0.1) is 0 Å². The smallest absolute Gasteiger partial charge is 0.122 e. The zero-order valence-corrected chi connectivity index (χ0v) is 10.6. The van der Waals surface area contributed by atoms with Crippen LogP contribution in [0.15, 0.2) is 30.3 Å². The average molecular weight is 235 g/mol. The van der Waals surface area contributed by atoms with Crippen LogP contribution < -0.4 is 5.73 Å². The van der Waals surface area contributed by atoms with E-state index in [4.69, 9.17) is 11.1 Å². The number of nitrogens with two attached hydrogens (primary N) is 1. The number of nitrogen functional groups attached to an aromatic ring is 1. The van der Waals surface area contributed by atoms with Crippen LogP contribution >= 0.6 is 0 Å². The van der Waals surface area contributed by atoms with Crippen molar-refractivity contribution < 1.29 is 5.11 Å². The lowest BCUT2D eigenvalue weighted by atomic mass is 10.2. The van der Waals surface area contributed by atoms with Crippen LogP contribution in [0.25, 0.3) is 0 Å². The maximum Gasteiger partial charge on any atom is 0.122 e. The quantitative estimate of drug-likeness (QED) is 0.443. The van der Waals surface area contributed by atoms with Crippen molar-refractivity contribution in [2.45, 2.75) is 39.0 Å². The van der Waals surface area contributed by atoms with Gasteiger partial charge < -0.3 is 5.73 Å². The summed E-state index contributed by atoms with van der Waals surface area (Å²) in [5.41, 5.74) is 5.97. The fraction of sp³-hybridized carbons (Fsp3) is 0.500. The van der Waals surface area contributed by atoms with Gasteiger partial charge in [0, 0.05) is 5.56 Å². The Morgan fingerprint density at radius 1 is 1.12 bits per heavy atom. The Bertz CT molecular complexity index is 280. The van der Waals surface area contributed by atoms with Gasteiger partial charge >= 0.3 is 0 Å². The topological polar surface area (TPSA) is 69.8 Å². The molecule has 0 atom stereocenters. The molecule has 95 valence electrons. The molecule has 0 aliphatic carbocycles. The van der Waals surface area contributed by atoms with E-state index in [1.165, 1.54) is 19.3 Å². The first kappa shape index (κ1) is 15.7. The minimum absolute atomic E-state index is 0.115. The highest BCUT2D eigenvalue weighted by atomic mass is 16.2. The van der Waals surface area contributed by atoms with Gasteiger partial charge in [0.2, 0.25) is 0 Å². The van der Waals surface area contributed by atoms with Crippen molar-refractivity contribution >= 4 is 5.84 Å². The molecule has 3 heteroatoms. The molecule has 0 heterocycles. The fourth-order valence-corrected chi connectivity index (χ4v) is 1.32. The van der Waals surface area contributed by atoms with Crippen molar-refractivity contribution in [3.63, 3.8) is 0 Å². The largest absolute Gasteiger partial charge is 0.384 e. The van der Waals surface area contributed by atoms with Gasteiger partial charge in [0.1, 0.15) is 5.84 Å². The molecule has 0 unspecified atom stereocenters. The molecule has 0 bridgehead atoms. The van der Waals surface area contributed by atoms with E-state index < -0.39 is 0 Å². The van der Waals surface area contributed by atoms with E-state index in [2.05, 4.69) is 6.92 Å². The van der Waals surface area contributed by atoms with E-state index in [0.29, 0.717) is 0 Å². The van der Waals surface area contributed by atoms with Gasteiger partial charge in [-0.3, -0.25) is 5.41 Å². The highest BCUT2D eigenvalue weighted by Gasteiger charge is 1.89. The number of amidine groups is 1. The Hall–Kier alpha value is -1.35. The molecule has 3 nitrogen and oxygen atoms in total. The summed E-state index contributed by atoms with van der Waals surface area (Å²) >= 11 is 0. The molecular formula is C14H23N2O. The predicted octanol–water partition coefficient (Wildman–Crippen LogP) is 3.36. The van der Waals surface area contributed by atoms with Crippen LogP contribution in [0.1, 0.15) is 44.6 Å². The van der Waals surface area contributed by atoms with Gasteiger partial charge in [-0.25, -0.2) is 5.11 Å². The SMILES string of the molecule is CCCCCCC[O].N=C(N)c1ccccc1. The van der Waals surface area contributed by atoms with E-state index in [-0.39, 0.29) is 12.4 Å². The van der Waals surface area contributed by atoms with E-state index in [1.54, 1.807) is 0 Å². The highest BCUT2D eigenvalue weighted by Crippen LogP contribution is 2.00. The molecular weight excluding hydrogens is 212 g/mol. The zero-order chi connectivity index (χ0) is 12.9. The molecule has 0 spiro atoms.